The molecule has 3 rings (SSSR count). The van der Waals surface area contributed by atoms with Crippen LogP contribution in [0.5, 0.6) is 0 Å². The van der Waals surface area contributed by atoms with Crippen LogP contribution in [-0.2, 0) is 25.7 Å². The van der Waals surface area contributed by atoms with Gasteiger partial charge in [0.15, 0.2) is 0 Å². The highest BCUT2D eigenvalue weighted by Gasteiger charge is 2.29. The minimum Gasteiger partial charge on any atom is -0.379 e. The maximum atomic E-state index is 12.3. The topological polar surface area (TPSA) is 76.7 Å². The van der Waals surface area contributed by atoms with Gasteiger partial charge in [-0.2, -0.15) is 0 Å². The molecule has 2 aliphatic heterocycles. The highest BCUT2D eigenvalue weighted by molar-refractivity contribution is 5.80. The number of hydrogen-bond donors (Lipinski definition) is 2. The predicted molar refractivity (Wildman–Crippen MR) is 92.8 cm³/mol. The first-order valence-corrected chi connectivity index (χ1v) is 9.02. The Labute approximate surface area is 148 Å². The molecule has 2 amide bonds. The van der Waals surface area contributed by atoms with Gasteiger partial charge in [-0.3, -0.25) is 9.59 Å². The Balaban J connectivity index is 1.48. The van der Waals surface area contributed by atoms with Crippen molar-refractivity contribution < 1.29 is 19.1 Å². The van der Waals surface area contributed by atoms with Crippen LogP contribution < -0.4 is 10.6 Å². The van der Waals surface area contributed by atoms with Crippen LogP contribution in [0.2, 0.25) is 0 Å². The summed E-state index contributed by atoms with van der Waals surface area (Å²) in [6, 6.07) is 9.86. The first kappa shape index (κ1) is 17.9. The number of rotatable bonds is 6. The summed E-state index contributed by atoms with van der Waals surface area (Å²) < 4.78 is 11.5. The highest BCUT2D eigenvalue weighted by atomic mass is 16.5. The third kappa shape index (κ3) is 5.54. The molecule has 1 aromatic rings. The maximum Gasteiger partial charge on any atom is 0.222 e. The molecule has 0 radical (unpaired) electrons. The Hall–Kier alpha value is -1.92. The maximum absolute atomic E-state index is 12.3. The lowest BCUT2D eigenvalue weighted by molar-refractivity contribution is -0.128. The van der Waals surface area contributed by atoms with Gasteiger partial charge in [-0.1, -0.05) is 30.3 Å². The van der Waals surface area contributed by atoms with Gasteiger partial charge in [-0.15, -0.1) is 0 Å². The van der Waals surface area contributed by atoms with E-state index in [1.165, 1.54) is 0 Å². The quantitative estimate of drug-likeness (QED) is 0.819. The van der Waals surface area contributed by atoms with Crippen molar-refractivity contribution in [1.29, 1.82) is 0 Å². The largest absolute Gasteiger partial charge is 0.379 e. The second-order valence-electron chi connectivity index (χ2n) is 6.73. The van der Waals surface area contributed by atoms with Crippen LogP contribution >= 0.6 is 0 Å². The Bertz CT molecular complexity index is 578. The third-order valence-electron chi connectivity index (χ3n) is 4.71. The van der Waals surface area contributed by atoms with E-state index in [-0.39, 0.29) is 30.0 Å². The van der Waals surface area contributed by atoms with E-state index >= 15 is 0 Å². The normalized spacial score (nSPS) is 26.7. The molecule has 2 aliphatic rings. The summed E-state index contributed by atoms with van der Waals surface area (Å²) in [7, 11) is 0. The molecule has 6 heteroatoms. The Morgan fingerprint density at radius 1 is 1.28 bits per heavy atom. The van der Waals surface area contributed by atoms with E-state index in [1.54, 1.807) is 0 Å². The van der Waals surface area contributed by atoms with Crippen LogP contribution in [0, 0.1) is 0 Å². The van der Waals surface area contributed by atoms with Crippen molar-refractivity contribution in [2.45, 2.75) is 56.9 Å². The monoisotopic (exact) mass is 346 g/mol. The predicted octanol–water partition coefficient (Wildman–Crippen LogP) is 1.54. The molecular weight excluding hydrogens is 320 g/mol. The van der Waals surface area contributed by atoms with Crippen LogP contribution in [-0.4, -0.2) is 43.2 Å². The lowest BCUT2D eigenvalue weighted by Crippen LogP contribution is -2.51. The van der Waals surface area contributed by atoms with Crippen molar-refractivity contribution in [2.75, 3.05) is 13.2 Å². The van der Waals surface area contributed by atoms with Gasteiger partial charge < -0.3 is 20.1 Å². The van der Waals surface area contributed by atoms with Crippen LogP contribution in [0.1, 0.15) is 37.7 Å². The van der Waals surface area contributed by atoms with Crippen LogP contribution in [0.3, 0.4) is 0 Å². The molecule has 0 bridgehead atoms. The van der Waals surface area contributed by atoms with Gasteiger partial charge in [0.05, 0.1) is 19.3 Å². The van der Waals surface area contributed by atoms with Crippen molar-refractivity contribution in [1.82, 2.24) is 10.6 Å². The second-order valence-corrected chi connectivity index (χ2v) is 6.73. The van der Waals surface area contributed by atoms with Crippen LogP contribution in [0.4, 0.5) is 0 Å². The number of nitrogens with one attached hydrogen (secondary N) is 2. The van der Waals surface area contributed by atoms with E-state index in [0.717, 1.165) is 24.8 Å². The fourth-order valence-electron chi connectivity index (χ4n) is 3.34. The van der Waals surface area contributed by atoms with E-state index in [9.17, 15) is 9.59 Å². The molecule has 2 N–H and O–H groups in total. The summed E-state index contributed by atoms with van der Waals surface area (Å²) >= 11 is 0. The number of piperidine rings is 1. The lowest BCUT2D eigenvalue weighted by atomic mass is 10.0. The van der Waals surface area contributed by atoms with Gasteiger partial charge in [0.2, 0.25) is 11.8 Å². The van der Waals surface area contributed by atoms with Crippen molar-refractivity contribution in [3.8, 4) is 0 Å². The molecule has 2 heterocycles. The summed E-state index contributed by atoms with van der Waals surface area (Å²) in [5.74, 6) is 0.00611. The smallest absolute Gasteiger partial charge is 0.222 e. The van der Waals surface area contributed by atoms with Gasteiger partial charge in [-0.25, -0.2) is 0 Å². The molecule has 0 aromatic heterocycles. The zero-order chi connectivity index (χ0) is 17.5. The molecular formula is C19H26N2O4. The Morgan fingerprint density at radius 3 is 2.92 bits per heavy atom. The third-order valence-corrected chi connectivity index (χ3v) is 4.71. The van der Waals surface area contributed by atoms with Gasteiger partial charge >= 0.3 is 0 Å². The van der Waals surface area contributed by atoms with Crippen molar-refractivity contribution >= 4 is 11.8 Å². The van der Waals surface area contributed by atoms with E-state index in [2.05, 4.69) is 10.6 Å². The molecule has 6 nitrogen and oxygen atoms in total. The minimum absolute atomic E-state index is 0.0348. The van der Waals surface area contributed by atoms with Crippen LogP contribution in [0.25, 0.3) is 0 Å². The molecule has 1 aromatic carbocycles. The first-order valence-electron chi connectivity index (χ1n) is 9.02. The summed E-state index contributed by atoms with van der Waals surface area (Å²) in [4.78, 5) is 23.8. The number of carbonyl (C=O) groups is 2. The average molecular weight is 346 g/mol. The summed E-state index contributed by atoms with van der Waals surface area (Å²) in [5.41, 5.74) is 1.10. The number of hydrogen-bond acceptors (Lipinski definition) is 4. The molecule has 0 aliphatic carbocycles. The summed E-state index contributed by atoms with van der Waals surface area (Å²) in [5, 5.41) is 5.96. The van der Waals surface area contributed by atoms with Gasteiger partial charge in [0.1, 0.15) is 6.10 Å². The number of ether oxygens (including phenoxy) is 2. The molecule has 3 unspecified atom stereocenters. The van der Waals surface area contributed by atoms with E-state index in [1.807, 2.05) is 30.3 Å². The van der Waals surface area contributed by atoms with Crippen molar-refractivity contribution in [2.24, 2.45) is 0 Å². The molecule has 3 atom stereocenters. The zero-order valence-corrected chi connectivity index (χ0v) is 14.4. The molecule has 25 heavy (non-hydrogen) atoms. The van der Waals surface area contributed by atoms with Gasteiger partial charge in [0, 0.05) is 25.5 Å². The molecule has 0 saturated carbocycles. The summed E-state index contributed by atoms with van der Waals surface area (Å²) in [6.45, 7) is 1.61. The molecule has 2 saturated heterocycles. The molecule has 0 spiro atoms. The Morgan fingerprint density at radius 2 is 2.12 bits per heavy atom. The summed E-state index contributed by atoms with van der Waals surface area (Å²) in [6.07, 6.45) is 3.19. The van der Waals surface area contributed by atoms with Crippen LogP contribution in [0.15, 0.2) is 30.3 Å². The second kappa shape index (κ2) is 8.97. The molecule has 136 valence electrons. The highest BCUT2D eigenvalue weighted by Crippen LogP contribution is 2.16. The number of amides is 2. The zero-order valence-electron chi connectivity index (χ0n) is 14.4. The van der Waals surface area contributed by atoms with Gasteiger partial charge in [-0.05, 0) is 24.8 Å². The minimum atomic E-state index is -0.154. The standard InChI is InChI=1S/C19H26N2O4/c22-18-8-4-7-15(20-18)11-19(23)21-16-9-10-24-13-17(16)25-12-14-5-2-1-3-6-14/h1-3,5-6,15-17H,4,7-13H2,(H,20,22)(H,21,23). The van der Waals surface area contributed by atoms with Gasteiger partial charge in [0.25, 0.3) is 0 Å². The number of carbonyl (C=O) groups excluding carboxylic acids is 2. The van der Waals surface area contributed by atoms with E-state index in [4.69, 9.17) is 9.47 Å². The van der Waals surface area contributed by atoms with E-state index < -0.39 is 0 Å². The van der Waals surface area contributed by atoms with Crippen molar-refractivity contribution in [3.05, 3.63) is 35.9 Å². The Kier molecular flexibility index (Phi) is 6.42. The SMILES string of the molecule is O=C1CCCC(CC(=O)NC2CCOCC2OCc2ccccc2)N1. The fraction of sp³-hybridized carbons (Fsp3) is 0.579. The van der Waals surface area contributed by atoms with E-state index in [0.29, 0.717) is 32.7 Å². The fourth-order valence-corrected chi connectivity index (χ4v) is 3.34. The number of benzene rings is 1. The molecule has 2 fully saturated rings. The average Bonchev–Trinajstić information content (AvgIpc) is 2.62. The lowest BCUT2D eigenvalue weighted by Gasteiger charge is -2.32. The van der Waals surface area contributed by atoms with Crippen molar-refractivity contribution in [3.63, 3.8) is 0 Å². The first-order chi connectivity index (χ1) is 12.2.